The molecule has 0 saturated carbocycles. The Morgan fingerprint density at radius 3 is 2.30 bits per heavy atom. The summed E-state index contributed by atoms with van der Waals surface area (Å²) in [5.41, 5.74) is 4.99. The summed E-state index contributed by atoms with van der Waals surface area (Å²) in [7, 11) is 3.20. The minimum Gasteiger partial charge on any atom is -0.510 e. The molecule has 0 aliphatic heterocycles. The third-order valence-electron chi connectivity index (χ3n) is 7.97. The number of benzene rings is 2. The molecular formula is C28H28N2O7. The van der Waals surface area contributed by atoms with Gasteiger partial charge in [-0.3, -0.25) is 19.3 Å². The van der Waals surface area contributed by atoms with Crippen LogP contribution in [0.4, 0.5) is 0 Å². The number of Topliss-reactive ketones (excluding diaryl/α,β-unsaturated/α-hetero) is 2. The number of hydrogen-bond donors (Lipinski definition) is 5. The minimum atomic E-state index is -2.64. The molecule has 0 unspecified atom stereocenters. The van der Waals surface area contributed by atoms with Crippen molar-refractivity contribution in [1.29, 1.82) is 0 Å². The highest BCUT2D eigenvalue weighted by Gasteiger charge is 2.63. The number of aromatic hydroxyl groups is 1. The molecule has 0 radical (unpaired) electrons. The largest absolute Gasteiger partial charge is 0.510 e. The van der Waals surface area contributed by atoms with Crippen molar-refractivity contribution in [1.82, 2.24) is 4.90 Å². The molecule has 2 aromatic carbocycles. The lowest BCUT2D eigenvalue weighted by atomic mass is 9.58. The van der Waals surface area contributed by atoms with Crippen LogP contribution >= 0.6 is 0 Å². The molecule has 0 heterocycles. The van der Waals surface area contributed by atoms with Gasteiger partial charge in [-0.15, -0.1) is 0 Å². The molecule has 37 heavy (non-hydrogen) atoms. The highest BCUT2D eigenvalue weighted by molar-refractivity contribution is 6.24. The Labute approximate surface area is 213 Å². The first-order chi connectivity index (χ1) is 17.4. The van der Waals surface area contributed by atoms with E-state index in [1.165, 1.54) is 11.0 Å². The average molecular weight is 505 g/mol. The molecule has 1 amide bonds. The van der Waals surface area contributed by atoms with Gasteiger partial charge in [0.1, 0.15) is 22.8 Å². The van der Waals surface area contributed by atoms with E-state index < -0.39 is 58.0 Å². The SMILES string of the molecule is Cc1ccc(-c2ccc(O)c3c2C[C@H]2C[C@@H]4[C@H](N(C)C)C(O)=C(C(N)=O)C(=O)[C@]4(O)C(O)=C2C3=O)cc1. The van der Waals surface area contributed by atoms with Gasteiger partial charge in [-0.1, -0.05) is 35.9 Å². The van der Waals surface area contributed by atoms with Crippen LogP contribution in [0.3, 0.4) is 0 Å². The zero-order valence-electron chi connectivity index (χ0n) is 20.6. The number of carbonyl (C=O) groups is 3. The molecule has 4 atom stereocenters. The van der Waals surface area contributed by atoms with Crippen molar-refractivity contribution in [2.24, 2.45) is 17.6 Å². The van der Waals surface area contributed by atoms with Crippen molar-refractivity contribution in [3.63, 3.8) is 0 Å². The number of nitrogens with two attached hydrogens (primary N) is 1. The number of allylic oxidation sites excluding steroid dienone is 1. The number of amides is 1. The summed E-state index contributed by atoms with van der Waals surface area (Å²) in [4.78, 5) is 40.7. The second kappa shape index (κ2) is 8.29. The van der Waals surface area contributed by atoms with Crippen molar-refractivity contribution in [2.45, 2.75) is 31.4 Å². The summed E-state index contributed by atoms with van der Waals surface area (Å²) < 4.78 is 0. The summed E-state index contributed by atoms with van der Waals surface area (Å²) in [6.45, 7) is 1.96. The van der Waals surface area contributed by atoms with E-state index in [-0.39, 0.29) is 29.7 Å². The number of fused-ring (bicyclic) bond motifs is 3. The molecule has 5 rings (SSSR count). The van der Waals surface area contributed by atoms with E-state index in [0.29, 0.717) is 5.56 Å². The van der Waals surface area contributed by atoms with Gasteiger partial charge >= 0.3 is 0 Å². The maximum Gasteiger partial charge on any atom is 0.255 e. The second-order valence-electron chi connectivity index (χ2n) is 10.3. The average Bonchev–Trinajstić information content (AvgIpc) is 2.82. The van der Waals surface area contributed by atoms with Crippen molar-refractivity contribution in [3.8, 4) is 16.9 Å². The van der Waals surface area contributed by atoms with Crippen LogP contribution in [-0.4, -0.2) is 68.5 Å². The maximum atomic E-state index is 13.8. The van der Waals surface area contributed by atoms with Crippen molar-refractivity contribution >= 4 is 17.5 Å². The summed E-state index contributed by atoms with van der Waals surface area (Å²) in [6.07, 6.45) is 0.293. The molecule has 9 nitrogen and oxygen atoms in total. The highest BCUT2D eigenvalue weighted by Crippen LogP contribution is 2.53. The number of carbonyl (C=O) groups excluding carboxylic acids is 3. The van der Waals surface area contributed by atoms with Crippen LogP contribution in [0.25, 0.3) is 11.1 Å². The van der Waals surface area contributed by atoms with E-state index in [4.69, 9.17) is 5.73 Å². The third-order valence-corrected chi connectivity index (χ3v) is 7.97. The number of likely N-dealkylation sites (N-methyl/N-ethyl adjacent to an activating group) is 1. The van der Waals surface area contributed by atoms with Crippen molar-refractivity contribution < 1.29 is 34.8 Å². The Hall–Kier alpha value is -3.95. The quantitative estimate of drug-likeness (QED) is 0.397. The number of nitrogens with zero attached hydrogens (tertiary/aromatic N) is 1. The Kier molecular flexibility index (Phi) is 5.54. The highest BCUT2D eigenvalue weighted by atomic mass is 16.3. The first kappa shape index (κ1) is 24.7. The van der Waals surface area contributed by atoms with E-state index >= 15 is 0 Å². The van der Waals surface area contributed by atoms with Gasteiger partial charge in [-0.25, -0.2) is 0 Å². The van der Waals surface area contributed by atoms with Crippen LogP contribution in [0.2, 0.25) is 0 Å². The van der Waals surface area contributed by atoms with Gasteiger partial charge < -0.3 is 26.2 Å². The van der Waals surface area contributed by atoms with Crippen molar-refractivity contribution in [3.05, 3.63) is 75.8 Å². The standard InChI is InChI=1S/C28H28N2O7/c1-12-4-6-13(7-5-12)15-8-9-18(31)20-16(15)10-14-11-17-22(30(2)3)24(33)21(27(29)36)26(35)28(17,37)25(34)19(14)23(20)32/h4-9,14,17,22,31,33-34,37H,10-11H2,1-3H3,(H2,29,36)/t14-,17+,22-,28+/m0/s1. The van der Waals surface area contributed by atoms with E-state index in [1.807, 2.05) is 31.2 Å². The predicted molar refractivity (Wildman–Crippen MR) is 134 cm³/mol. The molecule has 0 saturated heterocycles. The second-order valence-corrected chi connectivity index (χ2v) is 10.3. The number of aliphatic hydroxyl groups is 3. The molecule has 2 aromatic rings. The van der Waals surface area contributed by atoms with E-state index in [2.05, 4.69) is 0 Å². The number of hydrogen-bond acceptors (Lipinski definition) is 8. The van der Waals surface area contributed by atoms with Gasteiger partial charge in [0.15, 0.2) is 11.4 Å². The lowest BCUT2D eigenvalue weighted by Gasteiger charge is -2.50. The molecule has 6 N–H and O–H groups in total. The molecular weight excluding hydrogens is 476 g/mol. The summed E-state index contributed by atoms with van der Waals surface area (Å²) >= 11 is 0. The fourth-order valence-electron chi connectivity index (χ4n) is 6.25. The molecule has 0 spiro atoms. The van der Waals surface area contributed by atoms with Crippen LogP contribution in [0.15, 0.2) is 59.1 Å². The van der Waals surface area contributed by atoms with Gasteiger partial charge in [-0.05, 0) is 62.5 Å². The van der Waals surface area contributed by atoms with Crippen LogP contribution < -0.4 is 5.73 Å². The number of ketones is 2. The van der Waals surface area contributed by atoms with Crippen LogP contribution in [0.1, 0.15) is 27.9 Å². The number of aryl methyl sites for hydroxylation is 1. The minimum absolute atomic E-state index is 0.00106. The summed E-state index contributed by atoms with van der Waals surface area (Å²) in [5.74, 6) is -6.60. The number of aliphatic hydroxyl groups excluding tert-OH is 2. The number of phenols is 1. The van der Waals surface area contributed by atoms with Crippen LogP contribution in [-0.2, 0) is 16.0 Å². The monoisotopic (exact) mass is 504 g/mol. The van der Waals surface area contributed by atoms with Gasteiger partial charge in [0.05, 0.1) is 11.6 Å². The van der Waals surface area contributed by atoms with E-state index in [9.17, 15) is 34.8 Å². The number of primary amides is 1. The lowest BCUT2D eigenvalue weighted by molar-refractivity contribution is -0.148. The fraction of sp³-hybridized carbons (Fsp3) is 0.321. The fourth-order valence-corrected chi connectivity index (χ4v) is 6.25. The van der Waals surface area contributed by atoms with Crippen LogP contribution in [0, 0.1) is 18.8 Å². The Bertz CT molecular complexity index is 1440. The smallest absolute Gasteiger partial charge is 0.255 e. The lowest BCUT2D eigenvalue weighted by Crippen LogP contribution is -2.63. The maximum absolute atomic E-state index is 13.8. The van der Waals surface area contributed by atoms with E-state index in [0.717, 1.165) is 16.7 Å². The first-order valence-corrected chi connectivity index (χ1v) is 12.0. The van der Waals surface area contributed by atoms with Gasteiger partial charge in [0.2, 0.25) is 5.78 Å². The summed E-state index contributed by atoms with van der Waals surface area (Å²) in [6, 6.07) is 9.85. The number of phenolic OH excluding ortho intramolecular Hbond substituents is 1. The van der Waals surface area contributed by atoms with Crippen molar-refractivity contribution in [2.75, 3.05) is 14.1 Å². The first-order valence-electron chi connectivity index (χ1n) is 12.0. The molecule has 3 aliphatic rings. The Balaban J connectivity index is 1.72. The molecule has 0 fully saturated rings. The summed E-state index contributed by atoms with van der Waals surface area (Å²) in [5, 5.41) is 44.5. The Morgan fingerprint density at radius 2 is 1.70 bits per heavy atom. The molecule has 3 aliphatic carbocycles. The molecule has 192 valence electrons. The topological polar surface area (TPSA) is 161 Å². The van der Waals surface area contributed by atoms with Gasteiger partial charge in [-0.2, -0.15) is 0 Å². The predicted octanol–water partition coefficient (Wildman–Crippen LogP) is 2.10. The normalized spacial score (nSPS) is 27.2. The molecule has 0 bridgehead atoms. The number of rotatable bonds is 3. The van der Waals surface area contributed by atoms with Crippen LogP contribution in [0.5, 0.6) is 5.75 Å². The van der Waals surface area contributed by atoms with Gasteiger partial charge in [0, 0.05) is 11.5 Å². The Morgan fingerprint density at radius 1 is 1.05 bits per heavy atom. The van der Waals surface area contributed by atoms with Gasteiger partial charge in [0.25, 0.3) is 5.91 Å². The van der Waals surface area contributed by atoms with E-state index in [1.54, 1.807) is 20.2 Å². The molecule has 0 aromatic heterocycles. The zero-order valence-corrected chi connectivity index (χ0v) is 20.6. The molecule has 9 heteroatoms. The third kappa shape index (κ3) is 3.34. The zero-order chi connectivity index (χ0) is 27.0.